The summed E-state index contributed by atoms with van der Waals surface area (Å²) in [7, 11) is 0. The fourth-order valence-electron chi connectivity index (χ4n) is 1.21. The van der Waals surface area contributed by atoms with Crippen LogP contribution in [0.1, 0.15) is 33.3 Å². The molecule has 0 unspecified atom stereocenters. The van der Waals surface area contributed by atoms with Gasteiger partial charge < -0.3 is 10.0 Å². The van der Waals surface area contributed by atoms with E-state index < -0.39 is 0 Å². The Bertz CT molecular complexity index is 575. The average molecular weight is 288 g/mol. The molecular weight excluding hydrogens is 268 g/mol. The second kappa shape index (κ2) is 8.63. The van der Waals surface area contributed by atoms with Gasteiger partial charge in [0, 0.05) is 0 Å². The zero-order chi connectivity index (χ0) is 15.7. The van der Waals surface area contributed by atoms with Gasteiger partial charge in [0.05, 0.1) is 22.8 Å². The summed E-state index contributed by atoms with van der Waals surface area (Å²) in [5, 5.41) is 23.7. The standard InChI is InChI=1S/C15H20N4O2/c1-11(13(3)18-20)16-17-12(2)14(4)19-21-10-15-8-6-5-7-9-15/h5-9,20H,10H2,1-4H3/b16-11+,17-12+,18-13+,19-14+. The van der Waals surface area contributed by atoms with Crippen molar-refractivity contribution in [1.82, 2.24) is 0 Å². The van der Waals surface area contributed by atoms with Gasteiger partial charge in [0.15, 0.2) is 0 Å². The molecule has 0 bridgehead atoms. The predicted molar refractivity (Wildman–Crippen MR) is 85.5 cm³/mol. The molecule has 0 saturated carbocycles. The highest BCUT2D eigenvalue weighted by Crippen LogP contribution is 2.01. The maximum atomic E-state index is 8.62. The van der Waals surface area contributed by atoms with Crippen molar-refractivity contribution in [2.24, 2.45) is 20.5 Å². The summed E-state index contributed by atoms with van der Waals surface area (Å²) in [6, 6.07) is 9.79. The molecule has 0 saturated heterocycles. The molecule has 6 heteroatoms. The van der Waals surface area contributed by atoms with E-state index in [-0.39, 0.29) is 0 Å². The summed E-state index contributed by atoms with van der Waals surface area (Å²) in [4.78, 5) is 5.27. The molecule has 0 fully saturated rings. The van der Waals surface area contributed by atoms with Gasteiger partial charge in [0.1, 0.15) is 6.61 Å². The van der Waals surface area contributed by atoms with Crippen LogP contribution in [-0.2, 0) is 11.4 Å². The first-order valence-corrected chi connectivity index (χ1v) is 6.53. The largest absolute Gasteiger partial charge is 0.411 e. The Morgan fingerprint density at radius 3 is 2.05 bits per heavy atom. The van der Waals surface area contributed by atoms with E-state index >= 15 is 0 Å². The molecule has 0 amide bonds. The highest BCUT2D eigenvalue weighted by atomic mass is 16.6. The molecule has 1 rings (SSSR count). The number of rotatable bonds is 6. The normalized spacial score (nSPS) is 14.3. The second-order valence-corrected chi connectivity index (χ2v) is 4.49. The van der Waals surface area contributed by atoms with Gasteiger partial charge in [-0.3, -0.25) is 0 Å². The third-order valence-corrected chi connectivity index (χ3v) is 2.82. The van der Waals surface area contributed by atoms with E-state index in [9.17, 15) is 0 Å². The number of oxime groups is 2. The highest BCUT2D eigenvalue weighted by molar-refractivity contribution is 6.42. The van der Waals surface area contributed by atoms with Crippen LogP contribution in [0.15, 0.2) is 50.8 Å². The monoisotopic (exact) mass is 288 g/mol. The van der Waals surface area contributed by atoms with Crippen LogP contribution in [0.3, 0.4) is 0 Å². The van der Waals surface area contributed by atoms with E-state index in [1.54, 1.807) is 27.7 Å². The van der Waals surface area contributed by atoms with Crippen LogP contribution in [0.5, 0.6) is 0 Å². The molecule has 112 valence electrons. The fourth-order valence-corrected chi connectivity index (χ4v) is 1.21. The van der Waals surface area contributed by atoms with Crippen molar-refractivity contribution in [3.8, 4) is 0 Å². The van der Waals surface area contributed by atoms with Crippen LogP contribution in [-0.4, -0.2) is 28.1 Å². The zero-order valence-electron chi connectivity index (χ0n) is 12.7. The van der Waals surface area contributed by atoms with Crippen molar-refractivity contribution in [1.29, 1.82) is 0 Å². The summed E-state index contributed by atoms with van der Waals surface area (Å²) in [6.45, 7) is 7.34. The number of hydrogen-bond donors (Lipinski definition) is 1. The Kier molecular flexibility index (Phi) is 6.80. The smallest absolute Gasteiger partial charge is 0.142 e. The van der Waals surface area contributed by atoms with Crippen LogP contribution >= 0.6 is 0 Å². The van der Waals surface area contributed by atoms with Crippen molar-refractivity contribution in [3.63, 3.8) is 0 Å². The quantitative estimate of drug-likeness (QED) is 0.495. The molecule has 0 aromatic heterocycles. The first-order chi connectivity index (χ1) is 10.0. The van der Waals surface area contributed by atoms with E-state index in [0.29, 0.717) is 29.5 Å². The minimum absolute atomic E-state index is 0.407. The molecule has 1 N–H and O–H groups in total. The minimum Gasteiger partial charge on any atom is -0.411 e. The first kappa shape index (κ1) is 16.6. The van der Waals surface area contributed by atoms with Crippen molar-refractivity contribution in [3.05, 3.63) is 35.9 Å². The van der Waals surface area contributed by atoms with Gasteiger partial charge in [-0.05, 0) is 33.3 Å². The van der Waals surface area contributed by atoms with Gasteiger partial charge in [-0.2, -0.15) is 10.2 Å². The molecule has 0 aliphatic carbocycles. The summed E-state index contributed by atoms with van der Waals surface area (Å²) in [5.74, 6) is 0. The van der Waals surface area contributed by atoms with Crippen LogP contribution in [0.2, 0.25) is 0 Å². The van der Waals surface area contributed by atoms with Crippen LogP contribution < -0.4 is 0 Å². The lowest BCUT2D eigenvalue weighted by molar-refractivity contribution is 0.131. The average Bonchev–Trinajstić information content (AvgIpc) is 2.52. The summed E-state index contributed by atoms with van der Waals surface area (Å²) in [6.07, 6.45) is 0. The Hall–Kier alpha value is -2.50. The highest BCUT2D eigenvalue weighted by Gasteiger charge is 2.00. The third kappa shape index (κ3) is 5.99. The Labute approximate surface area is 124 Å². The molecule has 6 nitrogen and oxygen atoms in total. The summed E-state index contributed by atoms with van der Waals surface area (Å²) >= 11 is 0. The molecule has 0 aliphatic heterocycles. The molecule has 0 heterocycles. The topological polar surface area (TPSA) is 78.9 Å². The Balaban J connectivity index is 2.61. The molecule has 1 aromatic carbocycles. The maximum Gasteiger partial charge on any atom is 0.142 e. The van der Waals surface area contributed by atoms with Crippen molar-refractivity contribution < 1.29 is 10.0 Å². The molecule has 0 spiro atoms. The lowest BCUT2D eigenvalue weighted by Crippen LogP contribution is -2.08. The van der Waals surface area contributed by atoms with Gasteiger partial charge in [0.2, 0.25) is 0 Å². The molecular formula is C15H20N4O2. The van der Waals surface area contributed by atoms with E-state index in [0.717, 1.165) is 5.56 Å². The third-order valence-electron chi connectivity index (χ3n) is 2.82. The Morgan fingerprint density at radius 1 is 0.905 bits per heavy atom. The van der Waals surface area contributed by atoms with Gasteiger partial charge in [0.25, 0.3) is 0 Å². The first-order valence-electron chi connectivity index (χ1n) is 6.53. The number of nitrogens with zero attached hydrogens (tertiary/aromatic N) is 4. The van der Waals surface area contributed by atoms with Crippen LogP contribution in [0.4, 0.5) is 0 Å². The van der Waals surface area contributed by atoms with Crippen molar-refractivity contribution in [2.75, 3.05) is 0 Å². The van der Waals surface area contributed by atoms with E-state index in [4.69, 9.17) is 10.0 Å². The molecule has 21 heavy (non-hydrogen) atoms. The number of hydrogen-bond acceptors (Lipinski definition) is 6. The van der Waals surface area contributed by atoms with Gasteiger partial charge in [-0.1, -0.05) is 40.6 Å². The minimum atomic E-state index is 0.407. The summed E-state index contributed by atoms with van der Waals surface area (Å²) < 4.78 is 0. The molecule has 1 aromatic rings. The van der Waals surface area contributed by atoms with E-state index in [2.05, 4.69) is 20.5 Å². The van der Waals surface area contributed by atoms with Crippen LogP contribution in [0, 0.1) is 0 Å². The number of benzene rings is 1. The van der Waals surface area contributed by atoms with Gasteiger partial charge >= 0.3 is 0 Å². The molecule has 0 atom stereocenters. The van der Waals surface area contributed by atoms with Gasteiger partial charge in [-0.25, -0.2) is 0 Å². The SMILES string of the molecule is CC(=N\O)/C(C)=N/N=C(C)/C(C)=N/OCc1ccccc1. The predicted octanol–water partition coefficient (Wildman–Crippen LogP) is 3.27. The molecule has 0 radical (unpaired) electrons. The Morgan fingerprint density at radius 2 is 1.48 bits per heavy atom. The molecule has 0 aliphatic rings. The second-order valence-electron chi connectivity index (χ2n) is 4.49. The van der Waals surface area contributed by atoms with Gasteiger partial charge in [-0.15, -0.1) is 0 Å². The van der Waals surface area contributed by atoms with Crippen molar-refractivity contribution in [2.45, 2.75) is 34.3 Å². The fraction of sp³-hybridized carbons (Fsp3) is 0.333. The van der Waals surface area contributed by atoms with E-state index in [1.807, 2.05) is 30.3 Å². The lowest BCUT2D eigenvalue weighted by atomic mass is 10.2. The van der Waals surface area contributed by atoms with Crippen molar-refractivity contribution >= 4 is 22.8 Å². The summed E-state index contributed by atoms with van der Waals surface area (Å²) in [5.41, 5.74) is 3.28. The lowest BCUT2D eigenvalue weighted by Gasteiger charge is -2.01. The van der Waals surface area contributed by atoms with Crippen LogP contribution in [0.25, 0.3) is 0 Å². The zero-order valence-corrected chi connectivity index (χ0v) is 12.7. The maximum absolute atomic E-state index is 8.62. The van der Waals surface area contributed by atoms with E-state index in [1.165, 1.54) is 0 Å².